The van der Waals surface area contributed by atoms with Crippen molar-refractivity contribution in [2.75, 3.05) is 42.9 Å². The minimum atomic E-state index is 0.832. The summed E-state index contributed by atoms with van der Waals surface area (Å²) < 4.78 is 0.987. The highest BCUT2D eigenvalue weighted by Gasteiger charge is 2.27. The highest BCUT2D eigenvalue weighted by Crippen LogP contribution is 2.31. The normalized spacial score (nSPS) is 21.0. The molecule has 0 radical (unpaired) electrons. The third-order valence-corrected chi connectivity index (χ3v) is 5.30. The highest BCUT2D eigenvalue weighted by atomic mass is 79.9. The van der Waals surface area contributed by atoms with Crippen LogP contribution in [0.3, 0.4) is 0 Å². The lowest BCUT2D eigenvalue weighted by Gasteiger charge is -2.38. The van der Waals surface area contributed by atoms with Gasteiger partial charge in [-0.25, -0.2) is 9.97 Å². The first kappa shape index (κ1) is 15.0. The molecule has 0 aromatic carbocycles. The van der Waals surface area contributed by atoms with E-state index in [-0.39, 0.29) is 0 Å². The maximum Gasteiger partial charge on any atom is 0.148 e. The summed E-state index contributed by atoms with van der Waals surface area (Å²) in [6.45, 7) is 7.35. The van der Waals surface area contributed by atoms with Gasteiger partial charge in [-0.15, -0.1) is 0 Å². The molecule has 3 rings (SSSR count). The maximum atomic E-state index is 4.48. The van der Waals surface area contributed by atoms with Gasteiger partial charge in [-0.2, -0.15) is 0 Å². The van der Waals surface area contributed by atoms with E-state index in [1.54, 1.807) is 6.33 Å². The van der Waals surface area contributed by atoms with Crippen molar-refractivity contribution in [3.05, 3.63) is 10.8 Å². The van der Waals surface area contributed by atoms with Gasteiger partial charge in [0.1, 0.15) is 22.4 Å². The molecule has 2 aliphatic rings. The van der Waals surface area contributed by atoms with Gasteiger partial charge in [0.05, 0.1) is 0 Å². The molecule has 116 valence electrons. The summed E-state index contributed by atoms with van der Waals surface area (Å²) in [5.74, 6) is 1.91. The quantitative estimate of drug-likeness (QED) is 0.901. The van der Waals surface area contributed by atoms with Crippen LogP contribution in [-0.4, -0.2) is 53.6 Å². The molecule has 2 heterocycles. The van der Waals surface area contributed by atoms with E-state index in [1.807, 2.05) is 0 Å². The van der Waals surface area contributed by atoms with E-state index < -0.39 is 0 Å². The van der Waals surface area contributed by atoms with Crippen molar-refractivity contribution in [2.24, 2.45) is 0 Å². The Kier molecular flexibility index (Phi) is 4.95. The van der Waals surface area contributed by atoms with Crippen LogP contribution < -0.4 is 10.2 Å². The van der Waals surface area contributed by atoms with Gasteiger partial charge in [0.2, 0.25) is 0 Å². The largest absolute Gasteiger partial charge is 0.369 e. The van der Waals surface area contributed by atoms with Crippen molar-refractivity contribution in [2.45, 2.75) is 38.6 Å². The molecule has 5 nitrogen and oxygen atoms in total. The second kappa shape index (κ2) is 6.92. The maximum absolute atomic E-state index is 4.48. The molecule has 1 N–H and O–H groups in total. The molecule has 0 spiro atoms. The van der Waals surface area contributed by atoms with Crippen LogP contribution >= 0.6 is 15.9 Å². The SMILES string of the molecule is CCNc1ncnc(N2CCN(C3CCCC3)CC2)c1Br. The van der Waals surface area contributed by atoms with Crippen LogP contribution in [0.25, 0.3) is 0 Å². The highest BCUT2D eigenvalue weighted by molar-refractivity contribution is 9.10. The van der Waals surface area contributed by atoms with Gasteiger partial charge in [0.15, 0.2) is 0 Å². The minimum Gasteiger partial charge on any atom is -0.369 e. The topological polar surface area (TPSA) is 44.3 Å². The molecule has 0 atom stereocenters. The fourth-order valence-electron chi connectivity index (χ4n) is 3.44. The lowest BCUT2D eigenvalue weighted by molar-refractivity contribution is 0.187. The number of anilines is 2. The Morgan fingerprint density at radius 3 is 2.57 bits per heavy atom. The summed E-state index contributed by atoms with van der Waals surface area (Å²) in [6.07, 6.45) is 7.26. The molecule has 0 amide bonds. The van der Waals surface area contributed by atoms with E-state index in [2.05, 4.69) is 47.9 Å². The molecule has 1 aliphatic carbocycles. The first-order chi connectivity index (χ1) is 10.3. The van der Waals surface area contributed by atoms with Crippen molar-refractivity contribution in [1.29, 1.82) is 0 Å². The van der Waals surface area contributed by atoms with Gasteiger partial charge in [-0.1, -0.05) is 12.8 Å². The van der Waals surface area contributed by atoms with Gasteiger partial charge in [0.25, 0.3) is 0 Å². The number of halogens is 1. The monoisotopic (exact) mass is 353 g/mol. The van der Waals surface area contributed by atoms with Crippen LogP contribution in [0.4, 0.5) is 11.6 Å². The Labute approximate surface area is 135 Å². The van der Waals surface area contributed by atoms with Crippen molar-refractivity contribution < 1.29 is 0 Å². The van der Waals surface area contributed by atoms with Crippen LogP contribution in [0, 0.1) is 0 Å². The zero-order valence-corrected chi connectivity index (χ0v) is 14.3. The second-order valence-corrected chi connectivity index (χ2v) is 6.64. The molecule has 1 saturated carbocycles. The van der Waals surface area contributed by atoms with Crippen LogP contribution in [0.1, 0.15) is 32.6 Å². The van der Waals surface area contributed by atoms with Crippen LogP contribution in [0.2, 0.25) is 0 Å². The molecular weight excluding hydrogens is 330 g/mol. The average Bonchev–Trinajstić information content (AvgIpc) is 3.04. The first-order valence-corrected chi connectivity index (χ1v) is 8.82. The van der Waals surface area contributed by atoms with E-state index in [1.165, 1.54) is 25.7 Å². The lowest BCUT2D eigenvalue weighted by Crippen LogP contribution is -2.50. The average molecular weight is 354 g/mol. The van der Waals surface area contributed by atoms with Crippen molar-refractivity contribution in [3.63, 3.8) is 0 Å². The molecule has 2 fully saturated rings. The molecular formula is C15H24BrN5. The number of nitrogens with zero attached hydrogens (tertiary/aromatic N) is 4. The van der Waals surface area contributed by atoms with Gasteiger partial charge >= 0.3 is 0 Å². The summed E-state index contributed by atoms with van der Waals surface area (Å²) in [5, 5.41) is 3.27. The third kappa shape index (κ3) is 3.31. The Morgan fingerprint density at radius 2 is 1.90 bits per heavy atom. The van der Waals surface area contributed by atoms with Crippen LogP contribution in [-0.2, 0) is 0 Å². The smallest absolute Gasteiger partial charge is 0.148 e. The molecule has 1 saturated heterocycles. The van der Waals surface area contributed by atoms with Crippen molar-refractivity contribution >= 4 is 27.6 Å². The number of hydrogen-bond acceptors (Lipinski definition) is 5. The molecule has 1 aromatic heterocycles. The van der Waals surface area contributed by atoms with Crippen molar-refractivity contribution in [1.82, 2.24) is 14.9 Å². The molecule has 0 unspecified atom stereocenters. The van der Waals surface area contributed by atoms with Crippen molar-refractivity contribution in [3.8, 4) is 0 Å². The predicted octanol–water partition coefficient (Wildman–Crippen LogP) is 2.74. The molecule has 21 heavy (non-hydrogen) atoms. The number of nitrogens with one attached hydrogen (secondary N) is 1. The zero-order chi connectivity index (χ0) is 14.7. The Balaban J connectivity index is 1.65. The Bertz CT molecular complexity index is 467. The summed E-state index contributed by atoms with van der Waals surface area (Å²) >= 11 is 3.66. The molecule has 6 heteroatoms. The van der Waals surface area contributed by atoms with E-state index in [9.17, 15) is 0 Å². The van der Waals surface area contributed by atoms with Gasteiger partial charge in [0, 0.05) is 38.8 Å². The third-order valence-electron chi connectivity index (χ3n) is 4.57. The summed E-state index contributed by atoms with van der Waals surface area (Å²) in [7, 11) is 0. The molecule has 1 aliphatic heterocycles. The van der Waals surface area contributed by atoms with Crippen LogP contribution in [0.15, 0.2) is 10.8 Å². The number of aromatic nitrogens is 2. The minimum absolute atomic E-state index is 0.832. The van der Waals surface area contributed by atoms with E-state index in [4.69, 9.17) is 0 Å². The lowest BCUT2D eigenvalue weighted by atomic mass is 10.2. The first-order valence-electron chi connectivity index (χ1n) is 8.03. The van der Waals surface area contributed by atoms with E-state index in [0.717, 1.165) is 54.9 Å². The summed E-state index contributed by atoms with van der Waals surface area (Å²) in [5.41, 5.74) is 0. The zero-order valence-electron chi connectivity index (χ0n) is 12.7. The number of hydrogen-bond donors (Lipinski definition) is 1. The number of rotatable bonds is 4. The standard InChI is InChI=1S/C15H24BrN5/c1-2-17-14-13(16)15(19-11-18-14)21-9-7-20(8-10-21)12-5-3-4-6-12/h11-12H,2-10H2,1H3,(H,17,18,19). The molecule has 0 bridgehead atoms. The fraction of sp³-hybridized carbons (Fsp3) is 0.733. The van der Waals surface area contributed by atoms with Crippen LogP contribution in [0.5, 0.6) is 0 Å². The van der Waals surface area contributed by atoms with Gasteiger partial charge in [-0.05, 0) is 35.7 Å². The second-order valence-electron chi connectivity index (χ2n) is 5.85. The van der Waals surface area contributed by atoms with Gasteiger partial charge < -0.3 is 10.2 Å². The molecule has 1 aromatic rings. The van der Waals surface area contributed by atoms with E-state index >= 15 is 0 Å². The predicted molar refractivity (Wildman–Crippen MR) is 89.9 cm³/mol. The Hall–Kier alpha value is -0.880. The van der Waals surface area contributed by atoms with Gasteiger partial charge in [-0.3, -0.25) is 4.90 Å². The number of piperazine rings is 1. The fourth-order valence-corrected chi connectivity index (χ4v) is 4.04. The van der Waals surface area contributed by atoms with E-state index in [0.29, 0.717) is 0 Å². The summed E-state index contributed by atoms with van der Waals surface area (Å²) in [6, 6.07) is 0.832. The summed E-state index contributed by atoms with van der Waals surface area (Å²) in [4.78, 5) is 13.8. The Morgan fingerprint density at radius 1 is 1.19 bits per heavy atom.